The van der Waals surface area contributed by atoms with Gasteiger partial charge in [0.25, 0.3) is 0 Å². The fourth-order valence-electron chi connectivity index (χ4n) is 3.46. The second-order valence-corrected chi connectivity index (χ2v) is 7.67. The van der Waals surface area contributed by atoms with Crippen LogP contribution in [0, 0.1) is 0 Å². The molecule has 3 aromatic rings. The number of halogens is 1. The molecular weight excluding hydrogens is 418 g/mol. The lowest BCUT2D eigenvalue weighted by molar-refractivity contribution is -0.131. The van der Waals surface area contributed by atoms with Crippen LogP contribution < -0.4 is 10.2 Å². The molecule has 4 rings (SSSR count). The number of nitrogens with zero attached hydrogens (tertiary/aromatic N) is 4. The Morgan fingerprint density at radius 1 is 1.04 bits per heavy atom. The van der Waals surface area contributed by atoms with Gasteiger partial charge in [0.05, 0.1) is 5.52 Å². The summed E-state index contributed by atoms with van der Waals surface area (Å²) in [5.41, 5.74) is 1.93. The number of rotatable bonds is 5. The Morgan fingerprint density at radius 3 is 2.68 bits per heavy atom. The number of aromatic nitrogens is 2. The highest BCUT2D eigenvalue weighted by Crippen LogP contribution is 2.25. The predicted octanol–water partition coefficient (Wildman–Crippen LogP) is 3.54. The van der Waals surface area contributed by atoms with E-state index in [0.29, 0.717) is 13.0 Å². The number of carbonyl (C=O) groups is 1. The van der Waals surface area contributed by atoms with Crippen molar-refractivity contribution in [3.05, 3.63) is 59.3 Å². The summed E-state index contributed by atoms with van der Waals surface area (Å²) in [6, 6.07) is 13.9. The van der Waals surface area contributed by atoms with E-state index in [1.165, 1.54) is 0 Å². The summed E-state index contributed by atoms with van der Waals surface area (Å²) in [5.74, 6) is 1.17. The minimum absolute atomic E-state index is 0.188. The smallest absolute Gasteiger partial charge is 0.224 e. The van der Waals surface area contributed by atoms with E-state index < -0.39 is 0 Å². The molecule has 2 aromatic heterocycles. The molecule has 1 aromatic carbocycles. The maximum absolute atomic E-state index is 12.6. The zero-order chi connectivity index (χ0) is 19.3. The molecule has 0 aliphatic carbocycles. The van der Waals surface area contributed by atoms with Crippen LogP contribution in [-0.2, 0) is 4.79 Å². The lowest BCUT2D eigenvalue weighted by atomic mass is 10.2. The minimum atomic E-state index is 0.188. The average molecular weight is 440 g/mol. The molecule has 0 atom stereocenters. The molecule has 0 spiro atoms. The topological polar surface area (TPSA) is 61.4 Å². The van der Waals surface area contributed by atoms with Gasteiger partial charge in [-0.3, -0.25) is 9.78 Å². The van der Waals surface area contributed by atoms with Crippen molar-refractivity contribution in [3.8, 4) is 0 Å². The van der Waals surface area contributed by atoms with Crippen molar-refractivity contribution < 1.29 is 4.79 Å². The van der Waals surface area contributed by atoms with Crippen molar-refractivity contribution in [2.24, 2.45) is 0 Å². The second kappa shape index (κ2) is 8.56. The number of carbonyl (C=O) groups excluding carboxylic acids is 1. The molecule has 0 radical (unpaired) electrons. The molecule has 6 nitrogen and oxygen atoms in total. The first-order valence-electron chi connectivity index (χ1n) is 9.42. The summed E-state index contributed by atoms with van der Waals surface area (Å²) in [5, 5.41) is 4.44. The lowest BCUT2D eigenvalue weighted by Crippen LogP contribution is -2.49. The van der Waals surface area contributed by atoms with Gasteiger partial charge < -0.3 is 15.1 Å². The van der Waals surface area contributed by atoms with Crippen LogP contribution in [0.2, 0.25) is 0 Å². The van der Waals surface area contributed by atoms with Crippen LogP contribution in [0.25, 0.3) is 10.9 Å². The molecule has 1 fully saturated rings. The third-order valence-corrected chi connectivity index (χ3v) is 5.46. The van der Waals surface area contributed by atoms with Gasteiger partial charge in [-0.2, -0.15) is 0 Å². The van der Waals surface area contributed by atoms with Gasteiger partial charge >= 0.3 is 0 Å². The molecule has 0 bridgehead atoms. The number of piperazine rings is 1. The Balaban J connectivity index is 1.29. The van der Waals surface area contributed by atoms with Gasteiger partial charge in [-0.15, -0.1) is 0 Å². The van der Waals surface area contributed by atoms with Crippen LogP contribution in [0.4, 0.5) is 11.5 Å². The van der Waals surface area contributed by atoms with Gasteiger partial charge in [-0.25, -0.2) is 4.98 Å². The SMILES string of the molecule is O=C(CCNc1ccnc2ccc(Br)cc12)N1CCN(c2ccccn2)CC1. The van der Waals surface area contributed by atoms with E-state index in [-0.39, 0.29) is 5.91 Å². The van der Waals surface area contributed by atoms with Crippen molar-refractivity contribution in [2.45, 2.75) is 6.42 Å². The molecule has 7 heteroatoms. The summed E-state index contributed by atoms with van der Waals surface area (Å²) in [6.07, 6.45) is 4.07. The van der Waals surface area contributed by atoms with Gasteiger partial charge in [0.1, 0.15) is 5.82 Å². The molecule has 28 heavy (non-hydrogen) atoms. The molecule has 1 aliphatic heterocycles. The van der Waals surface area contributed by atoms with Gasteiger partial charge in [0, 0.05) is 67.1 Å². The van der Waals surface area contributed by atoms with E-state index in [0.717, 1.165) is 53.1 Å². The fraction of sp³-hybridized carbons (Fsp3) is 0.286. The Bertz CT molecular complexity index is 957. The highest BCUT2D eigenvalue weighted by Gasteiger charge is 2.21. The molecular formula is C21H22BrN5O. The second-order valence-electron chi connectivity index (χ2n) is 6.75. The van der Waals surface area contributed by atoms with Crippen LogP contribution in [-0.4, -0.2) is 53.5 Å². The predicted molar refractivity (Wildman–Crippen MR) is 116 cm³/mol. The number of anilines is 2. The monoisotopic (exact) mass is 439 g/mol. The molecule has 1 aliphatic rings. The molecule has 3 heterocycles. The van der Waals surface area contributed by atoms with Gasteiger partial charge in [0.2, 0.25) is 5.91 Å². The minimum Gasteiger partial charge on any atom is -0.384 e. The Labute approximate surface area is 172 Å². The first-order chi connectivity index (χ1) is 13.7. The maximum Gasteiger partial charge on any atom is 0.224 e. The van der Waals surface area contributed by atoms with Crippen LogP contribution >= 0.6 is 15.9 Å². The molecule has 0 saturated carbocycles. The summed E-state index contributed by atoms with van der Waals surface area (Å²) >= 11 is 3.51. The van der Waals surface area contributed by atoms with Crippen LogP contribution in [0.15, 0.2) is 59.3 Å². The van der Waals surface area contributed by atoms with Crippen LogP contribution in [0.3, 0.4) is 0 Å². The number of hydrogen-bond acceptors (Lipinski definition) is 5. The quantitative estimate of drug-likeness (QED) is 0.658. The van der Waals surface area contributed by atoms with E-state index in [1.807, 2.05) is 47.4 Å². The first-order valence-corrected chi connectivity index (χ1v) is 10.2. The van der Waals surface area contributed by atoms with Gasteiger partial charge in [-0.1, -0.05) is 22.0 Å². The number of hydrogen-bond donors (Lipinski definition) is 1. The van der Waals surface area contributed by atoms with Gasteiger partial charge in [0.15, 0.2) is 0 Å². The van der Waals surface area contributed by atoms with Crippen molar-refractivity contribution >= 4 is 44.2 Å². The zero-order valence-corrected chi connectivity index (χ0v) is 17.1. The number of fused-ring (bicyclic) bond motifs is 1. The van der Waals surface area contributed by atoms with Gasteiger partial charge in [-0.05, 0) is 36.4 Å². The third-order valence-electron chi connectivity index (χ3n) is 4.96. The summed E-state index contributed by atoms with van der Waals surface area (Å²) in [7, 11) is 0. The Kier molecular flexibility index (Phi) is 5.71. The van der Waals surface area contributed by atoms with Crippen LogP contribution in [0.1, 0.15) is 6.42 Å². The van der Waals surface area contributed by atoms with Crippen molar-refractivity contribution in [2.75, 3.05) is 42.9 Å². The number of nitrogens with one attached hydrogen (secondary N) is 1. The third kappa shape index (κ3) is 4.25. The summed E-state index contributed by atoms with van der Waals surface area (Å²) < 4.78 is 1.01. The molecule has 1 amide bonds. The Hall–Kier alpha value is -2.67. The normalized spacial score (nSPS) is 14.3. The first kappa shape index (κ1) is 18.7. The molecule has 1 N–H and O–H groups in total. The lowest BCUT2D eigenvalue weighted by Gasteiger charge is -2.35. The highest BCUT2D eigenvalue weighted by molar-refractivity contribution is 9.10. The van der Waals surface area contributed by atoms with Crippen LogP contribution in [0.5, 0.6) is 0 Å². The van der Waals surface area contributed by atoms with Crippen molar-refractivity contribution in [3.63, 3.8) is 0 Å². The van der Waals surface area contributed by atoms with E-state index in [1.54, 1.807) is 12.4 Å². The number of benzene rings is 1. The molecule has 144 valence electrons. The summed E-state index contributed by atoms with van der Waals surface area (Å²) in [6.45, 7) is 3.71. The number of amides is 1. The fourth-order valence-corrected chi connectivity index (χ4v) is 3.82. The Morgan fingerprint density at radius 2 is 1.89 bits per heavy atom. The average Bonchev–Trinajstić information content (AvgIpc) is 2.74. The van der Waals surface area contributed by atoms with E-state index in [4.69, 9.17) is 0 Å². The van der Waals surface area contributed by atoms with Crippen molar-refractivity contribution in [1.29, 1.82) is 0 Å². The highest BCUT2D eigenvalue weighted by atomic mass is 79.9. The maximum atomic E-state index is 12.6. The zero-order valence-electron chi connectivity index (χ0n) is 15.5. The van der Waals surface area contributed by atoms with E-state index in [9.17, 15) is 4.79 Å². The van der Waals surface area contributed by atoms with E-state index >= 15 is 0 Å². The largest absolute Gasteiger partial charge is 0.384 e. The molecule has 0 unspecified atom stereocenters. The number of pyridine rings is 2. The van der Waals surface area contributed by atoms with E-state index in [2.05, 4.69) is 36.1 Å². The summed E-state index contributed by atoms with van der Waals surface area (Å²) in [4.78, 5) is 25.5. The standard InChI is InChI=1S/C21H22BrN5O/c22-16-4-5-18-17(15-16)19(6-9-23-18)24-10-7-21(28)27-13-11-26(12-14-27)20-3-1-2-8-25-20/h1-6,8-9,15H,7,10-14H2,(H,23,24). The molecule has 1 saturated heterocycles. The van der Waals surface area contributed by atoms with Crippen molar-refractivity contribution in [1.82, 2.24) is 14.9 Å².